The summed E-state index contributed by atoms with van der Waals surface area (Å²) in [7, 11) is 0. The molecule has 0 unspecified atom stereocenters. The van der Waals surface area contributed by atoms with Crippen molar-refractivity contribution in [1.29, 1.82) is 0 Å². The van der Waals surface area contributed by atoms with Crippen LogP contribution in [0.3, 0.4) is 0 Å². The van der Waals surface area contributed by atoms with Gasteiger partial charge in [-0.05, 0) is 35.4 Å². The van der Waals surface area contributed by atoms with Gasteiger partial charge < -0.3 is 10.1 Å². The van der Waals surface area contributed by atoms with Crippen LogP contribution in [0.5, 0.6) is 5.75 Å². The highest BCUT2D eigenvalue weighted by Crippen LogP contribution is 2.27. The van der Waals surface area contributed by atoms with E-state index in [9.17, 15) is 26.7 Å². The van der Waals surface area contributed by atoms with Gasteiger partial charge in [-0.3, -0.25) is 9.48 Å². The van der Waals surface area contributed by atoms with Crippen LogP contribution < -0.4 is 10.1 Å². The molecule has 4 rings (SSSR count). The molecule has 0 aliphatic rings. The largest absolute Gasteiger partial charge is 0.483 e. The summed E-state index contributed by atoms with van der Waals surface area (Å²) in [6.07, 6.45) is 3.03. The lowest BCUT2D eigenvalue weighted by molar-refractivity contribution is 0.102. The minimum Gasteiger partial charge on any atom is -0.483 e. The summed E-state index contributed by atoms with van der Waals surface area (Å²) in [5.41, 5.74) is 1.81. The zero-order valence-corrected chi connectivity index (χ0v) is 17.4. The first-order valence-corrected chi connectivity index (χ1v) is 9.93. The van der Waals surface area contributed by atoms with Crippen LogP contribution in [0.2, 0.25) is 0 Å². The Labute approximate surface area is 190 Å². The van der Waals surface area contributed by atoms with Crippen molar-refractivity contribution in [3.05, 3.63) is 113 Å². The third kappa shape index (κ3) is 5.22. The Morgan fingerprint density at radius 2 is 1.62 bits per heavy atom. The van der Waals surface area contributed by atoms with E-state index < -0.39 is 34.9 Å². The average Bonchev–Trinajstić information content (AvgIpc) is 3.24. The van der Waals surface area contributed by atoms with Gasteiger partial charge in [0.05, 0.1) is 18.4 Å². The van der Waals surface area contributed by atoms with E-state index in [2.05, 4.69) is 10.4 Å². The summed E-state index contributed by atoms with van der Waals surface area (Å²) in [6.45, 7) is -0.0653. The molecule has 1 amide bonds. The molecular formula is C24H16F5N3O2. The van der Waals surface area contributed by atoms with E-state index in [-0.39, 0.29) is 24.1 Å². The fourth-order valence-corrected chi connectivity index (χ4v) is 3.13. The number of halogens is 5. The molecular weight excluding hydrogens is 457 g/mol. The number of ether oxygens (including phenoxy) is 1. The maximum atomic E-state index is 13.7. The van der Waals surface area contributed by atoms with Gasteiger partial charge in [0.2, 0.25) is 11.6 Å². The number of anilines is 1. The Bertz CT molecular complexity index is 1310. The number of benzene rings is 3. The number of aromatic nitrogens is 2. The average molecular weight is 473 g/mol. The van der Waals surface area contributed by atoms with Crippen LogP contribution in [-0.4, -0.2) is 15.7 Å². The van der Waals surface area contributed by atoms with Crippen LogP contribution in [0.1, 0.15) is 21.5 Å². The predicted octanol–water partition coefficient (Wildman–Crippen LogP) is 5.46. The standard InChI is InChI=1S/C24H16F5N3O2/c25-17-3-1-2-15(8-17)11-32-12-18(10-30-32)31-24(33)16-6-4-14(5-7-16)13-34-23-21(28)19(26)9-20(27)22(23)29/h1-10,12H,11,13H2,(H,31,33). The molecule has 0 fully saturated rings. The summed E-state index contributed by atoms with van der Waals surface area (Å²) in [6, 6.07) is 12.0. The third-order valence-electron chi connectivity index (χ3n) is 4.80. The van der Waals surface area contributed by atoms with Crippen LogP contribution in [0, 0.1) is 29.1 Å². The van der Waals surface area contributed by atoms with Crippen molar-refractivity contribution in [3.63, 3.8) is 0 Å². The normalized spacial score (nSPS) is 10.9. The first-order valence-electron chi connectivity index (χ1n) is 9.93. The number of nitrogens with zero attached hydrogens (tertiary/aromatic N) is 2. The van der Waals surface area contributed by atoms with E-state index in [0.717, 1.165) is 0 Å². The van der Waals surface area contributed by atoms with Crippen LogP contribution >= 0.6 is 0 Å². The van der Waals surface area contributed by atoms with Crippen molar-refractivity contribution in [2.45, 2.75) is 13.2 Å². The fraction of sp³-hybridized carbons (Fsp3) is 0.0833. The highest BCUT2D eigenvalue weighted by molar-refractivity contribution is 6.04. The Balaban J connectivity index is 1.36. The van der Waals surface area contributed by atoms with Crippen molar-refractivity contribution >= 4 is 11.6 Å². The molecule has 1 heterocycles. The molecule has 4 aromatic rings. The Kier molecular flexibility index (Phi) is 6.58. The second-order valence-corrected chi connectivity index (χ2v) is 7.29. The second kappa shape index (κ2) is 9.74. The molecule has 5 nitrogen and oxygen atoms in total. The molecule has 1 aromatic heterocycles. The van der Waals surface area contributed by atoms with Crippen molar-refractivity contribution in [3.8, 4) is 5.75 Å². The number of amides is 1. The molecule has 1 N–H and O–H groups in total. The van der Waals surface area contributed by atoms with Gasteiger partial charge in [0, 0.05) is 17.8 Å². The van der Waals surface area contributed by atoms with Crippen LogP contribution in [0.4, 0.5) is 27.6 Å². The van der Waals surface area contributed by atoms with Gasteiger partial charge in [0.1, 0.15) is 12.4 Å². The van der Waals surface area contributed by atoms with Crippen molar-refractivity contribution in [2.75, 3.05) is 5.32 Å². The van der Waals surface area contributed by atoms with E-state index in [1.807, 2.05) is 0 Å². The zero-order chi connectivity index (χ0) is 24.2. The molecule has 10 heteroatoms. The molecule has 0 aliphatic carbocycles. The number of hydrogen-bond acceptors (Lipinski definition) is 3. The quantitative estimate of drug-likeness (QED) is 0.287. The minimum atomic E-state index is -1.63. The molecule has 34 heavy (non-hydrogen) atoms. The second-order valence-electron chi connectivity index (χ2n) is 7.29. The van der Waals surface area contributed by atoms with Gasteiger partial charge in [-0.1, -0.05) is 24.3 Å². The van der Waals surface area contributed by atoms with Gasteiger partial charge in [-0.25, -0.2) is 13.2 Å². The predicted molar refractivity (Wildman–Crippen MR) is 113 cm³/mol. The van der Waals surface area contributed by atoms with E-state index in [4.69, 9.17) is 4.74 Å². The number of carbonyl (C=O) groups excluding carboxylic acids is 1. The molecule has 0 radical (unpaired) electrons. The van der Waals surface area contributed by atoms with Crippen LogP contribution in [0.15, 0.2) is 67.0 Å². The number of hydrogen-bond donors (Lipinski definition) is 1. The zero-order valence-electron chi connectivity index (χ0n) is 17.4. The smallest absolute Gasteiger partial charge is 0.255 e. The van der Waals surface area contributed by atoms with Crippen molar-refractivity contribution in [1.82, 2.24) is 9.78 Å². The lowest BCUT2D eigenvalue weighted by Crippen LogP contribution is -2.11. The summed E-state index contributed by atoms with van der Waals surface area (Å²) in [5, 5.41) is 6.80. The van der Waals surface area contributed by atoms with E-state index in [1.165, 1.54) is 42.6 Å². The molecule has 0 bridgehead atoms. The monoisotopic (exact) mass is 473 g/mol. The number of carbonyl (C=O) groups is 1. The lowest BCUT2D eigenvalue weighted by Gasteiger charge is -2.10. The molecule has 3 aromatic carbocycles. The fourth-order valence-electron chi connectivity index (χ4n) is 3.13. The minimum absolute atomic E-state index is 0.0934. The first-order chi connectivity index (χ1) is 16.3. The highest BCUT2D eigenvalue weighted by Gasteiger charge is 2.20. The van der Waals surface area contributed by atoms with Crippen molar-refractivity contribution in [2.24, 2.45) is 0 Å². The molecule has 0 atom stereocenters. The summed E-state index contributed by atoms with van der Waals surface area (Å²) in [5.74, 6) is -8.36. The summed E-state index contributed by atoms with van der Waals surface area (Å²) in [4.78, 5) is 12.5. The van der Waals surface area contributed by atoms with Crippen molar-refractivity contribution < 1.29 is 31.5 Å². The Morgan fingerprint density at radius 3 is 2.29 bits per heavy atom. The van der Waals surface area contributed by atoms with Gasteiger partial charge in [-0.15, -0.1) is 0 Å². The van der Waals surface area contributed by atoms with Crippen LogP contribution in [-0.2, 0) is 13.2 Å². The molecule has 0 spiro atoms. The first kappa shape index (κ1) is 23.0. The maximum absolute atomic E-state index is 13.7. The third-order valence-corrected chi connectivity index (χ3v) is 4.80. The number of rotatable bonds is 7. The van der Waals surface area contributed by atoms with Gasteiger partial charge in [-0.2, -0.15) is 13.9 Å². The molecule has 0 aliphatic heterocycles. The molecule has 0 saturated heterocycles. The van der Waals surface area contributed by atoms with Gasteiger partial charge in [0.15, 0.2) is 17.4 Å². The van der Waals surface area contributed by atoms with E-state index in [0.29, 0.717) is 23.4 Å². The molecule has 174 valence electrons. The van der Waals surface area contributed by atoms with Gasteiger partial charge in [0.25, 0.3) is 5.91 Å². The Morgan fingerprint density at radius 1 is 0.912 bits per heavy atom. The summed E-state index contributed by atoms with van der Waals surface area (Å²) >= 11 is 0. The van der Waals surface area contributed by atoms with Gasteiger partial charge >= 0.3 is 0 Å². The molecule has 0 saturated carbocycles. The topological polar surface area (TPSA) is 56.2 Å². The van der Waals surface area contributed by atoms with Crippen LogP contribution in [0.25, 0.3) is 0 Å². The Hall–Kier alpha value is -4.21. The number of nitrogens with one attached hydrogen (secondary N) is 1. The lowest BCUT2D eigenvalue weighted by atomic mass is 10.1. The maximum Gasteiger partial charge on any atom is 0.255 e. The van der Waals surface area contributed by atoms with E-state index in [1.54, 1.807) is 23.0 Å². The summed E-state index contributed by atoms with van der Waals surface area (Å²) < 4.78 is 73.6. The van der Waals surface area contributed by atoms with E-state index >= 15 is 0 Å². The SMILES string of the molecule is O=C(Nc1cnn(Cc2cccc(F)c2)c1)c1ccc(COc2c(F)c(F)cc(F)c2F)cc1. The highest BCUT2D eigenvalue weighted by atomic mass is 19.2.